The highest BCUT2D eigenvalue weighted by Crippen LogP contribution is 2.21. The zero-order valence-corrected chi connectivity index (χ0v) is 23.7. The van der Waals surface area contributed by atoms with Crippen LogP contribution in [0.25, 0.3) is 0 Å². The molecule has 0 unspecified atom stereocenters. The molecule has 3 rings (SSSR count). The minimum Gasteiger partial charge on any atom is -0.484 e. The van der Waals surface area contributed by atoms with E-state index >= 15 is 0 Å². The van der Waals surface area contributed by atoms with Gasteiger partial charge in [0.15, 0.2) is 6.61 Å². The Balaban J connectivity index is 1.89. The Morgan fingerprint density at radius 1 is 0.919 bits per heavy atom. The average Bonchev–Trinajstić information content (AvgIpc) is 2.90. The summed E-state index contributed by atoms with van der Waals surface area (Å²) in [6.07, 6.45) is 1.21. The van der Waals surface area contributed by atoms with Gasteiger partial charge in [0, 0.05) is 23.5 Å². The van der Waals surface area contributed by atoms with Crippen molar-refractivity contribution in [1.82, 2.24) is 10.2 Å². The number of carbonyl (C=O) groups is 2. The Hall–Kier alpha value is -3.12. The van der Waals surface area contributed by atoms with Crippen LogP contribution in [0.1, 0.15) is 56.7 Å². The van der Waals surface area contributed by atoms with Crippen molar-refractivity contribution in [3.05, 3.63) is 100 Å². The molecule has 0 radical (unpaired) electrons. The number of carbonyl (C=O) groups excluding carboxylic acids is 2. The Morgan fingerprint density at radius 3 is 2.22 bits per heavy atom. The van der Waals surface area contributed by atoms with Gasteiger partial charge in [-0.1, -0.05) is 91.3 Å². The van der Waals surface area contributed by atoms with E-state index in [1.54, 1.807) is 4.90 Å². The topological polar surface area (TPSA) is 58.6 Å². The van der Waals surface area contributed by atoms with Crippen LogP contribution >= 0.6 is 15.9 Å². The maximum absolute atomic E-state index is 13.7. The summed E-state index contributed by atoms with van der Waals surface area (Å²) in [6.45, 7) is 8.41. The van der Waals surface area contributed by atoms with Crippen molar-refractivity contribution >= 4 is 27.7 Å². The molecule has 0 fully saturated rings. The van der Waals surface area contributed by atoms with E-state index in [1.807, 2.05) is 92.7 Å². The highest BCUT2D eigenvalue weighted by molar-refractivity contribution is 9.10. The van der Waals surface area contributed by atoms with E-state index in [9.17, 15) is 9.59 Å². The van der Waals surface area contributed by atoms with Crippen molar-refractivity contribution in [2.75, 3.05) is 6.61 Å². The number of nitrogens with one attached hydrogen (secondary N) is 1. The lowest BCUT2D eigenvalue weighted by Gasteiger charge is -2.32. The summed E-state index contributed by atoms with van der Waals surface area (Å²) in [4.78, 5) is 28.9. The summed E-state index contributed by atoms with van der Waals surface area (Å²) in [5, 5.41) is 3.09. The quantitative estimate of drug-likeness (QED) is 0.273. The van der Waals surface area contributed by atoms with Crippen LogP contribution in [0.15, 0.2) is 83.3 Å². The second kappa shape index (κ2) is 14.0. The molecule has 3 aromatic rings. The summed E-state index contributed by atoms with van der Waals surface area (Å²) in [5.41, 5.74) is 3.13. The molecular weight excluding hydrogens is 528 g/mol. The maximum Gasteiger partial charge on any atom is 0.261 e. The van der Waals surface area contributed by atoms with Crippen LogP contribution in [0.2, 0.25) is 0 Å². The predicted molar refractivity (Wildman–Crippen MR) is 153 cm³/mol. The van der Waals surface area contributed by atoms with Crippen molar-refractivity contribution in [2.24, 2.45) is 0 Å². The minimum absolute atomic E-state index is 0.00400. The highest BCUT2D eigenvalue weighted by atomic mass is 79.9. The fraction of sp³-hybridized carbons (Fsp3) is 0.355. The summed E-state index contributed by atoms with van der Waals surface area (Å²) in [7, 11) is 0. The lowest BCUT2D eigenvalue weighted by Crippen LogP contribution is -2.53. The van der Waals surface area contributed by atoms with E-state index in [2.05, 4.69) is 35.1 Å². The van der Waals surface area contributed by atoms with Gasteiger partial charge in [-0.2, -0.15) is 0 Å². The standard InChI is InChI=1S/C31H37BrN2O3/c1-5-23(4)33-31(36)29(19-24-10-7-6-8-11-24)34(20-25-12-9-13-27(32)18-25)30(35)21-37-28-16-14-26(15-17-28)22(2)3/h6-18,22-23,29H,5,19-21H2,1-4H3,(H,33,36)/t23-,29+/m0/s1. The van der Waals surface area contributed by atoms with Crippen LogP contribution in [-0.2, 0) is 22.6 Å². The van der Waals surface area contributed by atoms with Crippen molar-refractivity contribution < 1.29 is 14.3 Å². The fourth-order valence-corrected chi connectivity index (χ4v) is 4.45. The molecule has 2 amide bonds. The largest absolute Gasteiger partial charge is 0.484 e. The van der Waals surface area contributed by atoms with Crippen molar-refractivity contribution in [3.8, 4) is 5.75 Å². The van der Waals surface area contributed by atoms with Crippen LogP contribution in [0.4, 0.5) is 0 Å². The molecule has 0 spiro atoms. The number of rotatable bonds is 12. The molecule has 6 heteroatoms. The van der Waals surface area contributed by atoms with Crippen molar-refractivity contribution in [2.45, 2.75) is 65.1 Å². The third kappa shape index (κ3) is 8.74. The molecule has 0 aliphatic rings. The van der Waals surface area contributed by atoms with E-state index in [-0.39, 0.29) is 24.5 Å². The lowest BCUT2D eigenvalue weighted by atomic mass is 10.0. The molecule has 0 heterocycles. The van der Waals surface area contributed by atoms with Gasteiger partial charge in [-0.3, -0.25) is 9.59 Å². The number of hydrogen-bond donors (Lipinski definition) is 1. The van der Waals surface area contributed by atoms with Gasteiger partial charge in [-0.05, 0) is 60.2 Å². The number of halogens is 1. The van der Waals surface area contributed by atoms with E-state index in [0.29, 0.717) is 24.6 Å². The van der Waals surface area contributed by atoms with Gasteiger partial charge in [0.05, 0.1) is 0 Å². The van der Waals surface area contributed by atoms with E-state index < -0.39 is 6.04 Å². The van der Waals surface area contributed by atoms with Gasteiger partial charge in [0.2, 0.25) is 5.91 Å². The summed E-state index contributed by atoms with van der Waals surface area (Å²) in [6, 6.07) is 24.7. The summed E-state index contributed by atoms with van der Waals surface area (Å²) < 4.78 is 6.81. The van der Waals surface area contributed by atoms with E-state index in [1.165, 1.54) is 5.56 Å². The number of amides is 2. The average molecular weight is 566 g/mol. The Labute approximate surface area is 229 Å². The van der Waals surface area contributed by atoms with Gasteiger partial charge in [-0.15, -0.1) is 0 Å². The van der Waals surface area contributed by atoms with Crippen molar-refractivity contribution in [3.63, 3.8) is 0 Å². The second-order valence-corrected chi connectivity index (χ2v) is 10.6. The van der Waals surface area contributed by atoms with E-state index in [0.717, 1.165) is 22.0 Å². The monoisotopic (exact) mass is 564 g/mol. The van der Waals surface area contributed by atoms with Crippen LogP contribution in [0.5, 0.6) is 5.75 Å². The predicted octanol–water partition coefficient (Wildman–Crippen LogP) is 6.51. The van der Waals surface area contributed by atoms with E-state index in [4.69, 9.17) is 4.74 Å². The molecule has 0 aromatic heterocycles. The number of benzene rings is 3. The minimum atomic E-state index is -0.685. The van der Waals surface area contributed by atoms with Crippen LogP contribution in [-0.4, -0.2) is 35.4 Å². The first-order valence-electron chi connectivity index (χ1n) is 12.9. The number of nitrogens with zero attached hydrogens (tertiary/aromatic N) is 1. The Morgan fingerprint density at radius 2 is 1.59 bits per heavy atom. The Bertz CT molecular complexity index is 1150. The van der Waals surface area contributed by atoms with Gasteiger partial charge in [0.1, 0.15) is 11.8 Å². The molecule has 3 aromatic carbocycles. The third-order valence-electron chi connectivity index (χ3n) is 6.42. The highest BCUT2D eigenvalue weighted by Gasteiger charge is 2.31. The molecule has 0 aliphatic heterocycles. The van der Waals surface area contributed by atoms with Gasteiger partial charge < -0.3 is 15.0 Å². The number of hydrogen-bond acceptors (Lipinski definition) is 3. The maximum atomic E-state index is 13.7. The third-order valence-corrected chi connectivity index (χ3v) is 6.92. The van der Waals surface area contributed by atoms with Gasteiger partial charge >= 0.3 is 0 Å². The normalized spacial score (nSPS) is 12.6. The SMILES string of the molecule is CC[C@H](C)NC(=O)[C@@H](Cc1ccccc1)N(Cc1cccc(Br)c1)C(=O)COc1ccc(C(C)C)cc1. The number of ether oxygens (including phenoxy) is 1. The molecule has 0 aliphatic carbocycles. The van der Waals surface area contributed by atoms with Gasteiger partial charge in [0.25, 0.3) is 5.91 Å². The van der Waals surface area contributed by atoms with Crippen LogP contribution in [0, 0.1) is 0 Å². The van der Waals surface area contributed by atoms with Crippen molar-refractivity contribution in [1.29, 1.82) is 0 Å². The molecule has 196 valence electrons. The smallest absolute Gasteiger partial charge is 0.261 e. The molecule has 2 atom stereocenters. The molecule has 0 saturated heterocycles. The molecular formula is C31H37BrN2O3. The van der Waals surface area contributed by atoms with Gasteiger partial charge in [-0.25, -0.2) is 0 Å². The van der Waals surface area contributed by atoms with Crippen LogP contribution < -0.4 is 10.1 Å². The zero-order valence-electron chi connectivity index (χ0n) is 22.1. The Kier molecular flexibility index (Phi) is 10.8. The molecule has 1 N–H and O–H groups in total. The first kappa shape index (κ1) is 28.5. The lowest BCUT2D eigenvalue weighted by molar-refractivity contribution is -0.143. The zero-order chi connectivity index (χ0) is 26.8. The molecule has 0 bridgehead atoms. The molecule has 37 heavy (non-hydrogen) atoms. The first-order valence-corrected chi connectivity index (χ1v) is 13.7. The first-order chi connectivity index (χ1) is 17.8. The van der Waals surface area contributed by atoms with Crippen LogP contribution in [0.3, 0.4) is 0 Å². The fourth-order valence-electron chi connectivity index (χ4n) is 4.00. The second-order valence-electron chi connectivity index (χ2n) is 9.69. The summed E-state index contributed by atoms with van der Waals surface area (Å²) >= 11 is 3.52. The summed E-state index contributed by atoms with van der Waals surface area (Å²) in [5.74, 6) is 0.638. The molecule has 5 nitrogen and oxygen atoms in total. The molecule has 0 saturated carbocycles.